The molecule has 1 aliphatic rings. The molecule has 2 rings (SSSR count). The van der Waals surface area contributed by atoms with Gasteiger partial charge in [-0.3, -0.25) is 5.01 Å². The van der Waals surface area contributed by atoms with Gasteiger partial charge < -0.3 is 5.11 Å². The predicted octanol–water partition coefficient (Wildman–Crippen LogP) is 3.17. The van der Waals surface area contributed by atoms with Crippen LogP contribution in [0.2, 0.25) is 5.02 Å². The summed E-state index contributed by atoms with van der Waals surface area (Å²) in [6, 6.07) is 7.09. The molecule has 7 heteroatoms. The van der Waals surface area contributed by atoms with Crippen LogP contribution in [0.4, 0.5) is 10.5 Å². The smallest absolute Gasteiger partial charge is 0.372 e. The van der Waals surface area contributed by atoms with E-state index in [1.54, 1.807) is 29.3 Å². The van der Waals surface area contributed by atoms with Crippen molar-refractivity contribution in [3.05, 3.63) is 29.3 Å². The molecule has 0 amide bonds. The monoisotopic (exact) mass is 285 g/mol. The molecule has 0 fully saturated rings. The molecule has 1 aromatic carbocycles. The third kappa shape index (κ3) is 2.95. The maximum Gasteiger partial charge on any atom is 0.372 e. The second kappa shape index (κ2) is 4.79. The molecule has 0 bridgehead atoms. The van der Waals surface area contributed by atoms with Gasteiger partial charge in [-0.1, -0.05) is 11.6 Å². The molecular formula is C11H12ClN3O2S. The standard InChI is InChI=1S/C11H12ClN3O2S/c1-11(2)13-9(18-10(16)17)15(14-11)8-5-3-7(12)4-6-8/h3-6,14H,1-2H3,(H,16,17). The number of amidine groups is 1. The van der Waals surface area contributed by atoms with E-state index >= 15 is 0 Å². The topological polar surface area (TPSA) is 64.9 Å². The SMILES string of the molecule is CC1(C)N=C(SC(=O)O)N(c2ccc(Cl)cc2)N1. The zero-order valence-corrected chi connectivity index (χ0v) is 11.4. The minimum Gasteiger partial charge on any atom is -0.473 e. The normalized spacial score (nSPS) is 17.7. The number of hydrogen-bond acceptors (Lipinski definition) is 5. The van der Waals surface area contributed by atoms with Crippen LogP contribution in [-0.2, 0) is 0 Å². The highest BCUT2D eigenvalue weighted by molar-refractivity contribution is 8.26. The quantitative estimate of drug-likeness (QED) is 0.830. The Labute approximate surface area is 114 Å². The van der Waals surface area contributed by atoms with Crippen LogP contribution < -0.4 is 10.4 Å². The van der Waals surface area contributed by atoms with Crippen molar-refractivity contribution in [3.63, 3.8) is 0 Å². The molecule has 18 heavy (non-hydrogen) atoms. The molecule has 1 aliphatic heterocycles. The molecule has 5 nitrogen and oxygen atoms in total. The fourth-order valence-corrected chi connectivity index (χ4v) is 2.35. The highest BCUT2D eigenvalue weighted by atomic mass is 35.5. The number of hydrogen-bond donors (Lipinski definition) is 2. The summed E-state index contributed by atoms with van der Waals surface area (Å²) >= 11 is 6.50. The van der Waals surface area contributed by atoms with Gasteiger partial charge in [-0.25, -0.2) is 15.2 Å². The van der Waals surface area contributed by atoms with E-state index in [0.717, 1.165) is 5.69 Å². The van der Waals surface area contributed by atoms with E-state index in [0.29, 0.717) is 22.0 Å². The van der Waals surface area contributed by atoms with E-state index in [-0.39, 0.29) is 0 Å². The van der Waals surface area contributed by atoms with Gasteiger partial charge in [0.15, 0.2) is 5.17 Å². The maximum absolute atomic E-state index is 10.8. The number of carbonyl (C=O) groups is 1. The van der Waals surface area contributed by atoms with E-state index in [9.17, 15) is 4.79 Å². The Morgan fingerprint density at radius 2 is 2.06 bits per heavy atom. The first-order chi connectivity index (χ1) is 8.37. The summed E-state index contributed by atoms with van der Waals surface area (Å²) < 4.78 is 0. The molecule has 0 saturated carbocycles. The van der Waals surface area contributed by atoms with Crippen molar-refractivity contribution in [3.8, 4) is 0 Å². The first-order valence-corrected chi connectivity index (χ1v) is 6.41. The minimum absolute atomic E-state index is 0.398. The zero-order chi connectivity index (χ0) is 13.3. The molecule has 96 valence electrons. The van der Waals surface area contributed by atoms with E-state index in [4.69, 9.17) is 16.7 Å². The van der Waals surface area contributed by atoms with Crippen LogP contribution in [-0.4, -0.2) is 21.2 Å². The number of halogens is 1. The Morgan fingerprint density at radius 3 is 2.61 bits per heavy atom. The van der Waals surface area contributed by atoms with Gasteiger partial charge in [0.1, 0.15) is 5.66 Å². The summed E-state index contributed by atoms with van der Waals surface area (Å²) in [6.45, 7) is 3.73. The Balaban J connectivity index is 2.29. The summed E-state index contributed by atoms with van der Waals surface area (Å²) in [4.78, 5) is 15.1. The molecule has 0 radical (unpaired) electrons. The summed E-state index contributed by atoms with van der Waals surface area (Å²) in [5.41, 5.74) is 3.38. The van der Waals surface area contributed by atoms with Crippen LogP contribution in [0.25, 0.3) is 0 Å². The Bertz CT molecular complexity index is 502. The van der Waals surface area contributed by atoms with Gasteiger partial charge >= 0.3 is 5.30 Å². The Hall–Kier alpha value is -1.24. The number of carboxylic acid groups (broad SMARTS) is 1. The first-order valence-electron chi connectivity index (χ1n) is 5.21. The fourth-order valence-electron chi connectivity index (χ4n) is 1.55. The number of rotatable bonds is 1. The largest absolute Gasteiger partial charge is 0.473 e. The number of thioether (sulfide) groups is 1. The number of anilines is 1. The van der Waals surface area contributed by atoms with Gasteiger partial charge in [-0.2, -0.15) is 0 Å². The van der Waals surface area contributed by atoms with Gasteiger partial charge in [0.25, 0.3) is 0 Å². The molecule has 0 spiro atoms. The van der Waals surface area contributed by atoms with Gasteiger partial charge in [0.05, 0.1) is 5.69 Å². The second-order valence-electron chi connectivity index (χ2n) is 4.24. The third-order valence-corrected chi connectivity index (χ3v) is 3.10. The summed E-state index contributed by atoms with van der Waals surface area (Å²) in [7, 11) is 0. The first kappa shape index (κ1) is 13.2. The van der Waals surface area contributed by atoms with Crippen molar-refractivity contribution < 1.29 is 9.90 Å². The number of aliphatic imine (C=N–C) groups is 1. The lowest BCUT2D eigenvalue weighted by Crippen LogP contribution is -2.44. The van der Waals surface area contributed by atoms with Crippen LogP contribution in [0.15, 0.2) is 29.3 Å². The van der Waals surface area contributed by atoms with Crippen molar-refractivity contribution in [2.24, 2.45) is 4.99 Å². The maximum atomic E-state index is 10.8. The van der Waals surface area contributed by atoms with E-state index in [2.05, 4.69) is 10.4 Å². The molecule has 1 heterocycles. The minimum atomic E-state index is -0.993. The Kier molecular flexibility index (Phi) is 3.52. The molecule has 0 aromatic heterocycles. The number of nitrogens with one attached hydrogen (secondary N) is 1. The average molecular weight is 286 g/mol. The number of nitrogens with zero attached hydrogens (tertiary/aromatic N) is 2. The molecular weight excluding hydrogens is 274 g/mol. The van der Waals surface area contributed by atoms with Crippen LogP contribution in [0.1, 0.15) is 13.8 Å². The molecule has 2 N–H and O–H groups in total. The summed E-state index contributed by atoms with van der Waals surface area (Å²) in [6.07, 6.45) is 0. The number of benzene rings is 1. The van der Waals surface area contributed by atoms with Crippen molar-refractivity contribution in [2.45, 2.75) is 19.5 Å². The van der Waals surface area contributed by atoms with Crippen LogP contribution >= 0.6 is 23.4 Å². The van der Waals surface area contributed by atoms with Gasteiger partial charge in [-0.05, 0) is 38.1 Å². The molecule has 0 saturated heterocycles. The van der Waals surface area contributed by atoms with Gasteiger partial charge in [0, 0.05) is 16.8 Å². The van der Waals surface area contributed by atoms with Gasteiger partial charge in [-0.15, -0.1) is 0 Å². The van der Waals surface area contributed by atoms with Gasteiger partial charge in [0.2, 0.25) is 0 Å². The lowest BCUT2D eigenvalue weighted by molar-refractivity contribution is 0.222. The van der Waals surface area contributed by atoms with Crippen LogP contribution in [0.3, 0.4) is 0 Å². The zero-order valence-electron chi connectivity index (χ0n) is 9.85. The molecule has 0 atom stereocenters. The van der Waals surface area contributed by atoms with Crippen molar-refractivity contribution in [2.75, 3.05) is 5.01 Å². The molecule has 0 aliphatic carbocycles. The van der Waals surface area contributed by atoms with Crippen LogP contribution in [0.5, 0.6) is 0 Å². The van der Waals surface area contributed by atoms with E-state index in [1.807, 2.05) is 13.8 Å². The summed E-state index contributed by atoms with van der Waals surface area (Å²) in [5.74, 6) is 0. The van der Waals surface area contributed by atoms with Crippen molar-refractivity contribution in [1.29, 1.82) is 0 Å². The predicted molar refractivity (Wildman–Crippen MR) is 74.2 cm³/mol. The van der Waals surface area contributed by atoms with Crippen molar-refractivity contribution in [1.82, 2.24) is 5.43 Å². The summed E-state index contributed by atoms with van der Waals surface area (Å²) in [5, 5.41) is 10.5. The lowest BCUT2D eigenvalue weighted by Gasteiger charge is -2.23. The fraction of sp³-hybridized carbons (Fsp3) is 0.273. The van der Waals surface area contributed by atoms with Crippen LogP contribution in [0, 0.1) is 0 Å². The highest BCUT2D eigenvalue weighted by Crippen LogP contribution is 2.27. The molecule has 1 aromatic rings. The highest BCUT2D eigenvalue weighted by Gasteiger charge is 2.33. The Morgan fingerprint density at radius 1 is 1.44 bits per heavy atom. The van der Waals surface area contributed by atoms with E-state index in [1.165, 1.54) is 0 Å². The third-order valence-electron chi connectivity index (χ3n) is 2.22. The average Bonchev–Trinajstić information content (AvgIpc) is 2.54. The number of hydrazine groups is 1. The van der Waals surface area contributed by atoms with Crippen molar-refractivity contribution >= 4 is 39.5 Å². The lowest BCUT2D eigenvalue weighted by atomic mass is 10.3. The second-order valence-corrected chi connectivity index (χ2v) is 5.60. The molecule has 0 unspecified atom stereocenters. The van der Waals surface area contributed by atoms with E-state index < -0.39 is 11.0 Å².